The van der Waals surface area contributed by atoms with E-state index in [1.807, 2.05) is 20.8 Å². The monoisotopic (exact) mass is 263 g/mol. The molecule has 0 amide bonds. The zero-order valence-electron chi connectivity index (χ0n) is 11.4. The molecule has 102 valence electrons. The average Bonchev–Trinajstić information content (AvgIpc) is 2.84. The summed E-state index contributed by atoms with van der Waals surface area (Å²) < 4.78 is 5.13. The molecular formula is C13H17N3O3. The molecule has 0 aliphatic rings. The number of nitrogens with one attached hydrogen (secondary N) is 1. The lowest BCUT2D eigenvalue weighted by molar-refractivity contribution is -0.384. The van der Waals surface area contributed by atoms with Crippen molar-refractivity contribution in [1.82, 2.24) is 9.97 Å². The zero-order chi connectivity index (χ0) is 14.4. The number of rotatable bonds is 3. The van der Waals surface area contributed by atoms with Crippen LogP contribution >= 0.6 is 0 Å². The molecule has 1 aromatic carbocycles. The normalized spacial score (nSPS) is 10.8. The van der Waals surface area contributed by atoms with Crippen LogP contribution in [0.3, 0.4) is 0 Å². The number of H-pyrrole nitrogens is 1. The molecule has 6 nitrogen and oxygen atoms in total. The van der Waals surface area contributed by atoms with Gasteiger partial charge in [0, 0.05) is 12.1 Å². The Morgan fingerprint density at radius 3 is 2.68 bits per heavy atom. The van der Waals surface area contributed by atoms with Gasteiger partial charge in [-0.15, -0.1) is 0 Å². The number of aromatic amines is 1. The molecule has 0 atom stereocenters. The van der Waals surface area contributed by atoms with Gasteiger partial charge in [-0.3, -0.25) is 10.1 Å². The Morgan fingerprint density at radius 2 is 2.16 bits per heavy atom. The summed E-state index contributed by atoms with van der Waals surface area (Å²) >= 11 is 0. The Kier molecular flexibility index (Phi) is 5.05. The van der Waals surface area contributed by atoms with E-state index in [0.29, 0.717) is 22.6 Å². The molecule has 0 unspecified atom stereocenters. The highest BCUT2D eigenvalue weighted by atomic mass is 16.6. The number of aromatic nitrogens is 2. The molecule has 0 saturated carbocycles. The van der Waals surface area contributed by atoms with Gasteiger partial charge in [0.15, 0.2) is 11.6 Å². The molecule has 0 aliphatic carbocycles. The molecule has 0 saturated heterocycles. The lowest BCUT2D eigenvalue weighted by Crippen LogP contribution is -1.88. The van der Waals surface area contributed by atoms with Crippen molar-refractivity contribution in [3.63, 3.8) is 0 Å². The van der Waals surface area contributed by atoms with Crippen LogP contribution in [0.4, 0.5) is 5.69 Å². The van der Waals surface area contributed by atoms with Crippen LogP contribution in [0.5, 0.6) is 0 Å². The number of nitro benzene ring substituents is 1. The molecule has 19 heavy (non-hydrogen) atoms. The van der Waals surface area contributed by atoms with Crippen LogP contribution in [-0.4, -0.2) is 22.0 Å². The maximum absolute atomic E-state index is 10.6. The van der Waals surface area contributed by atoms with Gasteiger partial charge in [0.2, 0.25) is 0 Å². The van der Waals surface area contributed by atoms with Crippen molar-refractivity contribution < 1.29 is 9.66 Å². The first-order valence-corrected chi connectivity index (χ1v) is 6.00. The van der Waals surface area contributed by atoms with Crippen LogP contribution in [0.2, 0.25) is 0 Å². The van der Waals surface area contributed by atoms with Crippen LogP contribution in [0, 0.1) is 10.1 Å². The zero-order valence-corrected chi connectivity index (χ0v) is 11.4. The van der Waals surface area contributed by atoms with Crippen LogP contribution in [0.15, 0.2) is 24.3 Å². The molecular weight excluding hydrogens is 246 g/mol. The van der Waals surface area contributed by atoms with E-state index in [-0.39, 0.29) is 5.69 Å². The molecule has 0 fully saturated rings. The number of fused-ring (bicyclic) bond motifs is 1. The first kappa shape index (κ1) is 14.7. The predicted molar refractivity (Wildman–Crippen MR) is 74.8 cm³/mol. The third kappa shape index (κ3) is 3.09. The number of hydrogen-bond donors (Lipinski definition) is 1. The first-order chi connectivity index (χ1) is 9.15. The quantitative estimate of drug-likeness (QED) is 0.522. The number of methoxy groups -OCH3 is 1. The molecule has 0 bridgehead atoms. The third-order valence-electron chi connectivity index (χ3n) is 2.39. The second-order valence-corrected chi connectivity index (χ2v) is 3.40. The first-order valence-electron chi connectivity index (χ1n) is 6.00. The van der Waals surface area contributed by atoms with E-state index >= 15 is 0 Å². The Hall–Kier alpha value is -2.37. The summed E-state index contributed by atoms with van der Waals surface area (Å²) in [5, 5.41) is 10.6. The van der Waals surface area contributed by atoms with E-state index in [0.717, 1.165) is 0 Å². The Labute approximate surface area is 111 Å². The number of hydrogen-bond acceptors (Lipinski definition) is 4. The number of non-ortho nitro benzene ring substituents is 1. The summed E-state index contributed by atoms with van der Waals surface area (Å²) in [4.78, 5) is 17.5. The largest absolute Gasteiger partial charge is 0.493 e. The standard InChI is InChI=1S/C11H11N3O3.C2H6/c1-3-10(17-2)11-12-8-5-4-7(14(15)16)6-9(8)13-11;1-2/h3-6H,1-2H3,(H,12,13);1-2H3/b10-3-;. The minimum absolute atomic E-state index is 0.0344. The summed E-state index contributed by atoms with van der Waals surface area (Å²) in [6.07, 6.45) is 1.77. The number of benzene rings is 1. The van der Waals surface area contributed by atoms with E-state index in [1.165, 1.54) is 12.1 Å². The average molecular weight is 263 g/mol. The van der Waals surface area contributed by atoms with Crippen LogP contribution in [0.25, 0.3) is 16.8 Å². The lowest BCUT2D eigenvalue weighted by atomic mass is 10.3. The van der Waals surface area contributed by atoms with Gasteiger partial charge in [-0.05, 0) is 19.1 Å². The SMILES string of the molecule is C/C=C(\OC)c1nc2ccc([N+](=O)[O-])cc2[nH]1.CC. The lowest BCUT2D eigenvalue weighted by Gasteiger charge is -1.99. The van der Waals surface area contributed by atoms with Crippen LogP contribution < -0.4 is 0 Å². The molecule has 1 heterocycles. The maximum atomic E-state index is 10.6. The summed E-state index contributed by atoms with van der Waals surface area (Å²) in [6, 6.07) is 4.49. The molecule has 1 N–H and O–H groups in total. The second kappa shape index (κ2) is 6.53. The van der Waals surface area contributed by atoms with Crippen LogP contribution in [0.1, 0.15) is 26.6 Å². The van der Waals surface area contributed by atoms with Crippen molar-refractivity contribution in [1.29, 1.82) is 0 Å². The Morgan fingerprint density at radius 1 is 1.47 bits per heavy atom. The fraction of sp³-hybridized carbons (Fsp3) is 0.308. The molecule has 2 aromatic rings. The van der Waals surface area contributed by atoms with Gasteiger partial charge in [0.25, 0.3) is 5.69 Å². The number of nitro groups is 1. The highest BCUT2D eigenvalue weighted by Crippen LogP contribution is 2.21. The van der Waals surface area contributed by atoms with E-state index in [2.05, 4.69) is 9.97 Å². The van der Waals surface area contributed by atoms with Gasteiger partial charge < -0.3 is 9.72 Å². The fourth-order valence-corrected chi connectivity index (χ4v) is 1.58. The van der Waals surface area contributed by atoms with Gasteiger partial charge in [-0.2, -0.15) is 0 Å². The Balaban J connectivity index is 0.000000861. The van der Waals surface area contributed by atoms with E-state index < -0.39 is 4.92 Å². The molecule has 0 aliphatic heterocycles. The second-order valence-electron chi connectivity index (χ2n) is 3.40. The van der Waals surface area contributed by atoms with E-state index in [4.69, 9.17) is 4.74 Å². The minimum Gasteiger partial charge on any atom is -0.493 e. The third-order valence-corrected chi connectivity index (χ3v) is 2.39. The number of nitrogens with zero attached hydrogens (tertiary/aromatic N) is 2. The van der Waals surface area contributed by atoms with Gasteiger partial charge in [-0.25, -0.2) is 4.98 Å². The molecule has 0 radical (unpaired) electrons. The smallest absolute Gasteiger partial charge is 0.271 e. The number of allylic oxidation sites excluding steroid dienone is 1. The summed E-state index contributed by atoms with van der Waals surface area (Å²) in [6.45, 7) is 5.83. The Bertz CT molecular complexity index is 602. The van der Waals surface area contributed by atoms with Crippen molar-refractivity contribution in [3.05, 3.63) is 40.2 Å². The maximum Gasteiger partial charge on any atom is 0.271 e. The molecule has 0 spiro atoms. The van der Waals surface area contributed by atoms with Crippen molar-refractivity contribution in [2.24, 2.45) is 0 Å². The highest BCUT2D eigenvalue weighted by Gasteiger charge is 2.11. The van der Waals surface area contributed by atoms with Crippen molar-refractivity contribution in [3.8, 4) is 0 Å². The van der Waals surface area contributed by atoms with Crippen molar-refractivity contribution in [2.75, 3.05) is 7.11 Å². The highest BCUT2D eigenvalue weighted by molar-refractivity contribution is 5.80. The van der Waals surface area contributed by atoms with Gasteiger partial charge in [0.1, 0.15) is 0 Å². The summed E-state index contributed by atoms with van der Waals surface area (Å²) in [7, 11) is 1.55. The van der Waals surface area contributed by atoms with Crippen molar-refractivity contribution >= 4 is 22.5 Å². The molecule has 2 rings (SSSR count). The predicted octanol–water partition coefficient (Wildman–Crippen LogP) is 3.50. The molecule has 1 aromatic heterocycles. The summed E-state index contributed by atoms with van der Waals surface area (Å²) in [5.74, 6) is 1.16. The van der Waals surface area contributed by atoms with Gasteiger partial charge in [0.05, 0.1) is 23.1 Å². The van der Waals surface area contributed by atoms with Crippen LogP contribution in [-0.2, 0) is 4.74 Å². The van der Waals surface area contributed by atoms with Crippen molar-refractivity contribution in [2.45, 2.75) is 20.8 Å². The number of imidazole rings is 1. The van der Waals surface area contributed by atoms with Gasteiger partial charge in [-0.1, -0.05) is 13.8 Å². The molecule has 6 heteroatoms. The van der Waals surface area contributed by atoms with E-state index in [1.54, 1.807) is 19.3 Å². The minimum atomic E-state index is -0.438. The van der Waals surface area contributed by atoms with E-state index in [9.17, 15) is 10.1 Å². The summed E-state index contributed by atoms with van der Waals surface area (Å²) in [5.41, 5.74) is 1.32. The number of ether oxygens (including phenoxy) is 1. The fourth-order valence-electron chi connectivity index (χ4n) is 1.58. The topological polar surface area (TPSA) is 81.1 Å². The van der Waals surface area contributed by atoms with Gasteiger partial charge >= 0.3 is 0 Å².